The van der Waals surface area contributed by atoms with E-state index in [1.807, 2.05) is 6.08 Å². The molecule has 0 aromatic rings. The molecule has 0 unspecified atom stereocenters. The zero-order valence-electron chi connectivity index (χ0n) is 10.3. The highest BCUT2D eigenvalue weighted by Crippen LogP contribution is 2.37. The summed E-state index contributed by atoms with van der Waals surface area (Å²) in [7, 11) is 1.69. The molecule has 0 radical (unpaired) electrons. The fourth-order valence-electron chi connectivity index (χ4n) is 2.47. The first kappa shape index (κ1) is 12.3. The summed E-state index contributed by atoms with van der Waals surface area (Å²) >= 11 is 0. The molecule has 0 heterocycles. The van der Waals surface area contributed by atoms with Gasteiger partial charge in [0.1, 0.15) is 0 Å². The van der Waals surface area contributed by atoms with Gasteiger partial charge in [0.2, 0.25) is 5.91 Å². The van der Waals surface area contributed by atoms with E-state index in [0.717, 1.165) is 12.3 Å². The Morgan fingerprint density at radius 3 is 2.67 bits per heavy atom. The van der Waals surface area contributed by atoms with Crippen LogP contribution >= 0.6 is 0 Å². The summed E-state index contributed by atoms with van der Waals surface area (Å²) in [4.78, 5) is 11.4. The Kier molecular flexibility index (Phi) is 4.37. The monoisotopic (exact) mass is 209 g/mol. The van der Waals surface area contributed by atoms with Crippen molar-refractivity contribution in [3.8, 4) is 0 Å². The summed E-state index contributed by atoms with van der Waals surface area (Å²) in [6, 6.07) is 0. The maximum Gasteiger partial charge on any atom is 0.243 e. The van der Waals surface area contributed by atoms with E-state index in [2.05, 4.69) is 26.1 Å². The van der Waals surface area contributed by atoms with Crippen LogP contribution in [0.4, 0.5) is 0 Å². The van der Waals surface area contributed by atoms with E-state index >= 15 is 0 Å². The van der Waals surface area contributed by atoms with Crippen LogP contribution in [0, 0.1) is 17.8 Å². The molecule has 1 aliphatic carbocycles. The van der Waals surface area contributed by atoms with Crippen LogP contribution in [0.5, 0.6) is 0 Å². The third-order valence-electron chi connectivity index (χ3n) is 3.40. The third-order valence-corrected chi connectivity index (χ3v) is 3.40. The lowest BCUT2D eigenvalue weighted by molar-refractivity contribution is -0.116. The fourth-order valence-corrected chi connectivity index (χ4v) is 2.47. The van der Waals surface area contributed by atoms with Crippen molar-refractivity contribution in [1.29, 1.82) is 0 Å². The van der Waals surface area contributed by atoms with Crippen molar-refractivity contribution in [1.82, 2.24) is 5.32 Å². The van der Waals surface area contributed by atoms with Gasteiger partial charge in [0.15, 0.2) is 0 Å². The van der Waals surface area contributed by atoms with Gasteiger partial charge in [-0.2, -0.15) is 0 Å². The van der Waals surface area contributed by atoms with Gasteiger partial charge in [-0.3, -0.25) is 4.79 Å². The van der Waals surface area contributed by atoms with Crippen molar-refractivity contribution < 1.29 is 4.79 Å². The van der Waals surface area contributed by atoms with E-state index in [0.29, 0.717) is 11.8 Å². The minimum absolute atomic E-state index is 0.0461. The van der Waals surface area contributed by atoms with Gasteiger partial charge in [-0.25, -0.2) is 0 Å². The molecular formula is C13H23NO. The van der Waals surface area contributed by atoms with Crippen LogP contribution in [0.25, 0.3) is 0 Å². The van der Waals surface area contributed by atoms with Crippen LogP contribution < -0.4 is 5.32 Å². The first-order valence-corrected chi connectivity index (χ1v) is 5.96. The number of nitrogens with one attached hydrogen (secondary N) is 1. The predicted octanol–water partition coefficient (Wildman–Crippen LogP) is 2.75. The fraction of sp³-hybridized carbons (Fsp3) is 0.769. The van der Waals surface area contributed by atoms with Crippen LogP contribution in [0.1, 0.15) is 40.0 Å². The summed E-state index contributed by atoms with van der Waals surface area (Å²) in [5.74, 6) is 2.03. The lowest BCUT2D eigenvalue weighted by Gasteiger charge is -2.32. The molecule has 0 aromatic carbocycles. The van der Waals surface area contributed by atoms with Crippen LogP contribution in [0.3, 0.4) is 0 Å². The van der Waals surface area contributed by atoms with Crippen LogP contribution in [0.2, 0.25) is 0 Å². The number of allylic oxidation sites excluding steroid dienone is 1. The summed E-state index contributed by atoms with van der Waals surface area (Å²) in [6.45, 7) is 6.77. The Labute approximate surface area is 93.1 Å². The topological polar surface area (TPSA) is 29.1 Å². The molecule has 1 saturated carbocycles. The highest BCUT2D eigenvalue weighted by molar-refractivity contribution is 5.88. The molecule has 2 heteroatoms. The summed E-state index contributed by atoms with van der Waals surface area (Å²) in [5.41, 5.74) is 1.35. The number of carbonyl (C=O) groups is 1. The zero-order valence-corrected chi connectivity index (χ0v) is 10.3. The van der Waals surface area contributed by atoms with Gasteiger partial charge in [-0.05, 0) is 37.0 Å². The smallest absolute Gasteiger partial charge is 0.243 e. The molecule has 0 aliphatic heterocycles. The number of hydrogen-bond acceptors (Lipinski definition) is 1. The van der Waals surface area contributed by atoms with E-state index in [1.165, 1.54) is 18.4 Å². The van der Waals surface area contributed by atoms with Crippen molar-refractivity contribution in [2.45, 2.75) is 40.0 Å². The van der Waals surface area contributed by atoms with Crippen LogP contribution in [-0.4, -0.2) is 13.0 Å². The minimum Gasteiger partial charge on any atom is -0.356 e. The van der Waals surface area contributed by atoms with Gasteiger partial charge in [-0.1, -0.05) is 26.3 Å². The molecule has 1 rings (SSSR count). The van der Waals surface area contributed by atoms with Crippen molar-refractivity contribution in [2.75, 3.05) is 7.05 Å². The quantitative estimate of drug-likeness (QED) is 0.696. The van der Waals surface area contributed by atoms with E-state index in [9.17, 15) is 4.79 Å². The standard InChI is InChI=1S/C13H23NO/c1-9(2)12-6-5-10(3)7-11(12)8-13(15)14-4/h8-10,12H,5-7H2,1-4H3,(H,14,15)/t10-,12+/m1/s1. The largest absolute Gasteiger partial charge is 0.356 e. The van der Waals surface area contributed by atoms with Crippen molar-refractivity contribution in [2.24, 2.45) is 17.8 Å². The van der Waals surface area contributed by atoms with Crippen LogP contribution in [-0.2, 0) is 4.79 Å². The molecule has 0 bridgehead atoms. The molecule has 2 nitrogen and oxygen atoms in total. The summed E-state index contributed by atoms with van der Waals surface area (Å²) < 4.78 is 0. The lowest BCUT2D eigenvalue weighted by atomic mass is 9.74. The molecule has 0 aromatic heterocycles. The summed E-state index contributed by atoms with van der Waals surface area (Å²) in [6.07, 6.45) is 5.45. The molecule has 1 aliphatic rings. The zero-order chi connectivity index (χ0) is 11.4. The van der Waals surface area contributed by atoms with Gasteiger partial charge in [0.05, 0.1) is 0 Å². The second kappa shape index (κ2) is 5.34. The number of rotatable bonds is 2. The van der Waals surface area contributed by atoms with E-state index in [1.54, 1.807) is 7.05 Å². The number of amides is 1. The Hall–Kier alpha value is -0.790. The normalized spacial score (nSPS) is 29.5. The molecule has 0 spiro atoms. The highest BCUT2D eigenvalue weighted by Gasteiger charge is 2.25. The molecule has 1 fully saturated rings. The minimum atomic E-state index is 0.0461. The van der Waals surface area contributed by atoms with Crippen molar-refractivity contribution >= 4 is 5.91 Å². The molecule has 1 amide bonds. The average Bonchev–Trinajstić information content (AvgIpc) is 2.17. The molecular weight excluding hydrogens is 186 g/mol. The van der Waals surface area contributed by atoms with E-state index in [4.69, 9.17) is 0 Å². The Balaban J connectivity index is 2.78. The predicted molar refractivity (Wildman–Crippen MR) is 63.5 cm³/mol. The first-order valence-electron chi connectivity index (χ1n) is 5.96. The lowest BCUT2D eigenvalue weighted by Crippen LogP contribution is -2.23. The number of likely N-dealkylation sites (N-methyl/N-ethyl adjacent to an activating group) is 1. The third kappa shape index (κ3) is 3.37. The average molecular weight is 209 g/mol. The maximum atomic E-state index is 11.4. The Bertz CT molecular complexity index is 255. The van der Waals surface area contributed by atoms with Crippen LogP contribution in [0.15, 0.2) is 11.6 Å². The molecule has 15 heavy (non-hydrogen) atoms. The molecule has 0 saturated heterocycles. The molecule has 2 atom stereocenters. The highest BCUT2D eigenvalue weighted by atomic mass is 16.1. The summed E-state index contributed by atoms with van der Waals surface area (Å²) in [5, 5.41) is 2.67. The Morgan fingerprint density at radius 1 is 1.47 bits per heavy atom. The van der Waals surface area contributed by atoms with Gasteiger partial charge in [-0.15, -0.1) is 0 Å². The van der Waals surface area contributed by atoms with Gasteiger partial charge in [0.25, 0.3) is 0 Å². The van der Waals surface area contributed by atoms with Crippen molar-refractivity contribution in [3.05, 3.63) is 11.6 Å². The van der Waals surface area contributed by atoms with Gasteiger partial charge < -0.3 is 5.32 Å². The van der Waals surface area contributed by atoms with E-state index < -0.39 is 0 Å². The Morgan fingerprint density at radius 2 is 2.13 bits per heavy atom. The van der Waals surface area contributed by atoms with Crippen molar-refractivity contribution in [3.63, 3.8) is 0 Å². The van der Waals surface area contributed by atoms with Gasteiger partial charge >= 0.3 is 0 Å². The number of carbonyl (C=O) groups excluding carboxylic acids is 1. The SMILES string of the molecule is CNC(=O)C=C1C[C@H](C)CC[C@H]1C(C)C. The first-order chi connectivity index (χ1) is 7.04. The number of hydrogen-bond donors (Lipinski definition) is 1. The molecule has 1 N–H and O–H groups in total. The second-order valence-electron chi connectivity index (χ2n) is 5.07. The van der Waals surface area contributed by atoms with E-state index in [-0.39, 0.29) is 5.91 Å². The maximum absolute atomic E-state index is 11.4. The van der Waals surface area contributed by atoms with Gasteiger partial charge in [0, 0.05) is 13.1 Å². The second-order valence-corrected chi connectivity index (χ2v) is 5.07. The molecule has 86 valence electrons.